The van der Waals surface area contributed by atoms with Crippen LogP contribution in [0.2, 0.25) is 8.63 Å². The van der Waals surface area contributed by atoms with Crippen LogP contribution in [0.4, 0.5) is 0 Å². The fourth-order valence-electron chi connectivity index (χ4n) is 1.01. The van der Waals surface area contributed by atoms with Gasteiger partial charge in [-0.1, -0.05) is 0 Å². The molecule has 0 amide bonds. The summed E-state index contributed by atoms with van der Waals surface area (Å²) in [5, 5.41) is 17.5. The molecule has 0 aliphatic rings. The van der Waals surface area contributed by atoms with Gasteiger partial charge >= 0.3 is 107 Å². The molecule has 0 rings (SSSR count). The van der Waals surface area contributed by atoms with Crippen LogP contribution in [0.15, 0.2) is 0 Å². The van der Waals surface area contributed by atoms with E-state index < -0.39 is 11.9 Å². The summed E-state index contributed by atoms with van der Waals surface area (Å²) in [7, 11) is 0. The number of carboxylic acid groups (broad SMARTS) is 2. The SMILES string of the molecule is CC(C)(CC(=O)O)[Se][Se]C(C)(C)CC(=O)O. The third kappa shape index (κ3) is 8.17. The molecule has 0 aromatic heterocycles. The second kappa shape index (κ2) is 6.06. The number of hydrogen-bond acceptors (Lipinski definition) is 2. The Morgan fingerprint density at radius 2 is 1.12 bits per heavy atom. The van der Waals surface area contributed by atoms with E-state index in [1.54, 1.807) is 0 Å². The molecule has 0 saturated heterocycles. The van der Waals surface area contributed by atoms with E-state index in [9.17, 15) is 9.59 Å². The molecule has 4 nitrogen and oxygen atoms in total. The zero-order chi connectivity index (χ0) is 13.0. The Bertz CT molecular complexity index is 246. The van der Waals surface area contributed by atoms with Gasteiger partial charge in [0.15, 0.2) is 0 Å². The van der Waals surface area contributed by atoms with Crippen molar-refractivity contribution in [1.29, 1.82) is 0 Å². The van der Waals surface area contributed by atoms with Crippen molar-refractivity contribution in [2.75, 3.05) is 0 Å². The van der Waals surface area contributed by atoms with Crippen LogP contribution in [0, 0.1) is 0 Å². The van der Waals surface area contributed by atoms with Gasteiger partial charge in [0.25, 0.3) is 0 Å². The molecule has 0 unspecified atom stereocenters. The van der Waals surface area contributed by atoms with E-state index in [0.717, 1.165) is 0 Å². The molecule has 0 spiro atoms. The second-order valence-electron chi connectivity index (χ2n) is 4.83. The summed E-state index contributed by atoms with van der Waals surface area (Å²) >= 11 is 0.384. The number of carboxylic acids is 2. The quantitative estimate of drug-likeness (QED) is 0.678. The van der Waals surface area contributed by atoms with Gasteiger partial charge in [0.05, 0.1) is 0 Å². The van der Waals surface area contributed by atoms with E-state index in [-0.39, 0.29) is 47.7 Å². The van der Waals surface area contributed by atoms with Crippen LogP contribution in [0.1, 0.15) is 40.5 Å². The van der Waals surface area contributed by atoms with Gasteiger partial charge in [0, 0.05) is 0 Å². The summed E-state index contributed by atoms with van der Waals surface area (Å²) in [5.74, 6) is -1.56. The first kappa shape index (κ1) is 16.0. The van der Waals surface area contributed by atoms with E-state index in [2.05, 4.69) is 0 Å². The summed E-state index contributed by atoms with van der Waals surface area (Å²) in [4.78, 5) is 21.3. The van der Waals surface area contributed by atoms with Gasteiger partial charge in [0.2, 0.25) is 0 Å². The zero-order valence-corrected chi connectivity index (χ0v) is 13.4. The molecule has 94 valence electrons. The van der Waals surface area contributed by atoms with E-state index in [1.807, 2.05) is 27.7 Å². The van der Waals surface area contributed by atoms with Gasteiger partial charge in [-0.05, 0) is 0 Å². The second-order valence-corrected chi connectivity index (χ2v) is 13.8. The Morgan fingerprint density at radius 1 is 0.875 bits per heavy atom. The fourth-order valence-corrected chi connectivity index (χ4v) is 8.93. The van der Waals surface area contributed by atoms with E-state index in [1.165, 1.54) is 0 Å². The first-order chi connectivity index (χ1) is 7.04. The van der Waals surface area contributed by atoms with Crippen molar-refractivity contribution >= 4 is 38.2 Å². The predicted octanol–water partition coefficient (Wildman–Crippen LogP) is 1.66. The standard InChI is InChI=1S/C10H18O4Se2/c1-9(2,5-7(11)12)15-16-10(3,4)6-8(13)14/h5-6H2,1-4H3,(H,11,12)(H,13,14). The van der Waals surface area contributed by atoms with Crippen LogP contribution in [-0.2, 0) is 9.59 Å². The molecule has 2 N–H and O–H groups in total. The Morgan fingerprint density at radius 3 is 1.31 bits per heavy atom. The molecule has 6 heteroatoms. The maximum atomic E-state index is 10.6. The summed E-state index contributed by atoms with van der Waals surface area (Å²) in [6.07, 6.45) is 0.329. The van der Waals surface area contributed by atoms with Gasteiger partial charge in [0.1, 0.15) is 0 Å². The molecule has 16 heavy (non-hydrogen) atoms. The van der Waals surface area contributed by atoms with Gasteiger partial charge in [-0.25, -0.2) is 0 Å². The molecule has 0 aliphatic carbocycles. The van der Waals surface area contributed by atoms with Crippen LogP contribution in [0.25, 0.3) is 0 Å². The first-order valence-electron chi connectivity index (χ1n) is 4.84. The van der Waals surface area contributed by atoms with Gasteiger partial charge in [-0.15, -0.1) is 0 Å². The van der Waals surface area contributed by atoms with Crippen molar-refractivity contribution < 1.29 is 19.8 Å². The zero-order valence-electron chi connectivity index (χ0n) is 9.94. The van der Waals surface area contributed by atoms with Crippen molar-refractivity contribution in [2.24, 2.45) is 0 Å². The van der Waals surface area contributed by atoms with Crippen LogP contribution < -0.4 is 0 Å². The molecule has 0 aromatic rings. The van der Waals surface area contributed by atoms with Crippen LogP contribution in [-0.4, -0.2) is 48.4 Å². The summed E-state index contributed by atoms with van der Waals surface area (Å²) in [6.45, 7) is 7.78. The molecule has 0 fully saturated rings. The summed E-state index contributed by atoms with van der Waals surface area (Å²) < 4.78 is -0.372. The number of hydrogen-bond donors (Lipinski definition) is 2. The molecule has 0 radical (unpaired) electrons. The molecule has 0 aromatic carbocycles. The van der Waals surface area contributed by atoms with E-state index >= 15 is 0 Å². The number of rotatable bonds is 7. The molecule has 0 atom stereocenters. The van der Waals surface area contributed by atoms with E-state index in [0.29, 0.717) is 0 Å². The molecular formula is C10H18O4Se2. The van der Waals surface area contributed by atoms with Crippen LogP contribution >= 0.6 is 0 Å². The van der Waals surface area contributed by atoms with E-state index in [4.69, 9.17) is 10.2 Å². The topological polar surface area (TPSA) is 74.6 Å². The minimum atomic E-state index is -0.779. The van der Waals surface area contributed by atoms with Gasteiger partial charge in [-0.3, -0.25) is 0 Å². The molecule has 0 aliphatic heterocycles. The molecule has 0 heterocycles. The number of carbonyl (C=O) groups is 2. The predicted molar refractivity (Wildman–Crippen MR) is 64.1 cm³/mol. The van der Waals surface area contributed by atoms with Crippen molar-refractivity contribution in [3.63, 3.8) is 0 Å². The third-order valence-corrected chi connectivity index (χ3v) is 15.1. The Labute approximate surface area is 107 Å². The summed E-state index contributed by atoms with van der Waals surface area (Å²) in [6, 6.07) is 0. The maximum absolute atomic E-state index is 10.6. The molecule has 0 saturated carbocycles. The minimum absolute atomic E-state index is 0.165. The molecule has 0 bridgehead atoms. The fraction of sp³-hybridized carbons (Fsp3) is 0.800. The van der Waals surface area contributed by atoms with Crippen LogP contribution in [0.3, 0.4) is 0 Å². The Hall–Kier alpha value is -0.0210. The first-order valence-corrected chi connectivity index (χ1v) is 10.9. The average Bonchev–Trinajstić information content (AvgIpc) is 1.96. The average molecular weight is 360 g/mol. The van der Waals surface area contributed by atoms with Crippen molar-refractivity contribution in [2.45, 2.75) is 49.2 Å². The van der Waals surface area contributed by atoms with Crippen molar-refractivity contribution in [3.8, 4) is 0 Å². The van der Waals surface area contributed by atoms with Crippen LogP contribution in [0.5, 0.6) is 0 Å². The third-order valence-electron chi connectivity index (χ3n) is 1.65. The molecular weight excluding hydrogens is 342 g/mol. The number of aliphatic carboxylic acids is 2. The van der Waals surface area contributed by atoms with Crippen molar-refractivity contribution in [3.05, 3.63) is 0 Å². The van der Waals surface area contributed by atoms with Crippen molar-refractivity contribution in [1.82, 2.24) is 0 Å². The normalized spacial score (nSPS) is 12.5. The Balaban J connectivity index is 4.21. The Kier molecular flexibility index (Phi) is 6.05. The monoisotopic (exact) mass is 362 g/mol. The van der Waals surface area contributed by atoms with Gasteiger partial charge < -0.3 is 0 Å². The van der Waals surface area contributed by atoms with Gasteiger partial charge in [-0.2, -0.15) is 0 Å². The summed E-state index contributed by atoms with van der Waals surface area (Å²) in [5.41, 5.74) is 0.